The van der Waals surface area contributed by atoms with Crippen molar-refractivity contribution in [3.05, 3.63) is 47.4 Å². The highest BCUT2D eigenvalue weighted by molar-refractivity contribution is 5.92. The van der Waals surface area contributed by atoms with Crippen molar-refractivity contribution in [2.24, 2.45) is 0 Å². The van der Waals surface area contributed by atoms with Crippen molar-refractivity contribution >= 4 is 22.5 Å². The molecule has 0 aliphatic carbocycles. The van der Waals surface area contributed by atoms with Crippen molar-refractivity contribution in [3.63, 3.8) is 0 Å². The molecule has 0 radical (unpaired) electrons. The quantitative estimate of drug-likeness (QED) is 0.805. The normalized spacial score (nSPS) is 10.9. The molecule has 1 N–H and O–H groups in total. The van der Waals surface area contributed by atoms with Crippen LogP contribution in [0.2, 0.25) is 0 Å². The smallest absolute Gasteiger partial charge is 0.224 e. The SMILES string of the molecule is CC(=O)N(Cc1nnc(C)c2c(C)[nH]nc12)c1ccccc1. The van der Waals surface area contributed by atoms with Gasteiger partial charge < -0.3 is 4.90 Å². The summed E-state index contributed by atoms with van der Waals surface area (Å²) >= 11 is 0. The van der Waals surface area contributed by atoms with Crippen LogP contribution in [0.4, 0.5) is 5.69 Å². The van der Waals surface area contributed by atoms with E-state index >= 15 is 0 Å². The number of aryl methyl sites for hydroxylation is 2. The minimum absolute atomic E-state index is 0.0472. The number of carbonyl (C=O) groups excluding carboxylic acids is 1. The average molecular weight is 295 g/mol. The van der Waals surface area contributed by atoms with Crippen molar-refractivity contribution < 1.29 is 4.79 Å². The van der Waals surface area contributed by atoms with Crippen molar-refractivity contribution in [1.82, 2.24) is 20.4 Å². The molecule has 0 aliphatic heterocycles. The van der Waals surface area contributed by atoms with Gasteiger partial charge >= 0.3 is 0 Å². The molecular weight excluding hydrogens is 278 g/mol. The summed E-state index contributed by atoms with van der Waals surface area (Å²) in [6.45, 7) is 5.74. The predicted octanol–water partition coefficient (Wildman–Crippen LogP) is 2.52. The van der Waals surface area contributed by atoms with Gasteiger partial charge in [-0.25, -0.2) is 0 Å². The molecule has 1 aromatic carbocycles. The second-order valence-corrected chi connectivity index (χ2v) is 5.25. The molecule has 0 bridgehead atoms. The molecule has 0 unspecified atom stereocenters. The number of aromatic amines is 1. The zero-order chi connectivity index (χ0) is 15.7. The number of aromatic nitrogens is 4. The van der Waals surface area contributed by atoms with E-state index in [-0.39, 0.29) is 5.91 Å². The summed E-state index contributed by atoms with van der Waals surface area (Å²) in [4.78, 5) is 13.7. The van der Waals surface area contributed by atoms with Crippen LogP contribution in [0.15, 0.2) is 30.3 Å². The number of hydrogen-bond donors (Lipinski definition) is 1. The second kappa shape index (κ2) is 5.55. The van der Waals surface area contributed by atoms with Gasteiger partial charge in [-0.05, 0) is 26.0 Å². The molecule has 6 heteroatoms. The lowest BCUT2D eigenvalue weighted by Gasteiger charge is -2.20. The van der Waals surface area contributed by atoms with E-state index in [0.29, 0.717) is 12.2 Å². The van der Waals surface area contributed by atoms with Crippen molar-refractivity contribution in [2.75, 3.05) is 4.90 Å². The Hall–Kier alpha value is -2.76. The number of H-pyrrole nitrogens is 1. The fourth-order valence-electron chi connectivity index (χ4n) is 2.56. The van der Waals surface area contributed by atoms with E-state index in [1.807, 2.05) is 44.2 Å². The molecule has 0 saturated carbocycles. The highest BCUT2D eigenvalue weighted by atomic mass is 16.2. The highest BCUT2D eigenvalue weighted by Crippen LogP contribution is 2.23. The van der Waals surface area contributed by atoms with Crippen LogP contribution >= 0.6 is 0 Å². The molecule has 0 fully saturated rings. The topological polar surface area (TPSA) is 74.8 Å². The number of hydrogen-bond acceptors (Lipinski definition) is 4. The molecule has 2 heterocycles. The number of anilines is 1. The first kappa shape index (κ1) is 14.2. The van der Waals surface area contributed by atoms with E-state index in [2.05, 4.69) is 20.4 Å². The number of nitrogens with one attached hydrogen (secondary N) is 1. The molecule has 0 spiro atoms. The van der Waals surface area contributed by atoms with Gasteiger partial charge in [0.1, 0.15) is 11.2 Å². The summed E-state index contributed by atoms with van der Waals surface area (Å²) in [7, 11) is 0. The Morgan fingerprint density at radius 2 is 1.91 bits per heavy atom. The summed E-state index contributed by atoms with van der Waals surface area (Å²) < 4.78 is 0. The molecule has 3 aromatic rings. The molecule has 0 aliphatic rings. The molecule has 0 atom stereocenters. The lowest BCUT2D eigenvalue weighted by molar-refractivity contribution is -0.116. The van der Waals surface area contributed by atoms with Crippen molar-refractivity contribution in [2.45, 2.75) is 27.3 Å². The minimum Gasteiger partial charge on any atom is -0.307 e. The van der Waals surface area contributed by atoms with Crippen molar-refractivity contribution in [3.8, 4) is 0 Å². The first-order valence-electron chi connectivity index (χ1n) is 7.08. The maximum absolute atomic E-state index is 12.0. The third kappa shape index (κ3) is 2.43. The van der Waals surface area contributed by atoms with E-state index in [1.54, 1.807) is 11.8 Å². The first-order valence-corrected chi connectivity index (χ1v) is 7.08. The first-order chi connectivity index (χ1) is 10.6. The minimum atomic E-state index is -0.0472. The monoisotopic (exact) mass is 295 g/mol. The van der Waals surface area contributed by atoms with E-state index < -0.39 is 0 Å². The zero-order valence-corrected chi connectivity index (χ0v) is 12.8. The number of para-hydroxylation sites is 1. The van der Waals surface area contributed by atoms with Crippen LogP contribution in [0, 0.1) is 13.8 Å². The predicted molar refractivity (Wildman–Crippen MR) is 84.5 cm³/mol. The Labute approximate surface area is 128 Å². The second-order valence-electron chi connectivity index (χ2n) is 5.25. The fraction of sp³-hybridized carbons (Fsp3) is 0.250. The highest BCUT2D eigenvalue weighted by Gasteiger charge is 2.18. The Bertz CT molecular complexity index is 825. The van der Waals surface area contributed by atoms with Crippen LogP contribution < -0.4 is 4.90 Å². The summed E-state index contributed by atoms with van der Waals surface area (Å²) in [5.74, 6) is -0.0472. The number of rotatable bonds is 3. The summed E-state index contributed by atoms with van der Waals surface area (Å²) in [5.41, 5.74) is 4.07. The largest absolute Gasteiger partial charge is 0.307 e. The molecule has 1 amide bonds. The Morgan fingerprint density at radius 3 is 2.59 bits per heavy atom. The van der Waals surface area contributed by atoms with Gasteiger partial charge in [-0.2, -0.15) is 15.3 Å². The Morgan fingerprint density at radius 1 is 1.18 bits per heavy atom. The van der Waals surface area contributed by atoms with Gasteiger partial charge in [0.25, 0.3) is 0 Å². The average Bonchev–Trinajstić information content (AvgIpc) is 2.90. The standard InChI is InChI=1S/C16H17N5O/c1-10-15-11(2)18-20-16(15)14(19-17-10)9-21(12(3)22)13-7-5-4-6-8-13/h4-8H,9H2,1-3H3,(H,18,20). The van der Waals surface area contributed by atoms with Crippen LogP contribution in [-0.4, -0.2) is 26.3 Å². The molecule has 3 rings (SSSR count). The molecule has 0 saturated heterocycles. The molecule has 112 valence electrons. The molecule has 2 aromatic heterocycles. The van der Waals surface area contributed by atoms with Crippen molar-refractivity contribution in [1.29, 1.82) is 0 Å². The Balaban J connectivity index is 2.04. The third-order valence-corrected chi connectivity index (χ3v) is 3.66. The van der Waals surface area contributed by atoms with Gasteiger partial charge in [0.2, 0.25) is 5.91 Å². The van der Waals surface area contributed by atoms with Gasteiger partial charge in [0.05, 0.1) is 12.2 Å². The van der Waals surface area contributed by atoms with Gasteiger partial charge in [-0.3, -0.25) is 9.89 Å². The van der Waals surface area contributed by atoms with E-state index in [9.17, 15) is 4.79 Å². The Kier molecular flexibility index (Phi) is 3.58. The summed E-state index contributed by atoms with van der Waals surface area (Å²) in [5, 5.41) is 16.7. The lowest BCUT2D eigenvalue weighted by Crippen LogP contribution is -2.28. The van der Waals surface area contributed by atoms with Gasteiger partial charge in [-0.1, -0.05) is 18.2 Å². The summed E-state index contributed by atoms with van der Waals surface area (Å²) in [6, 6.07) is 9.52. The van der Waals surface area contributed by atoms with E-state index in [0.717, 1.165) is 28.0 Å². The zero-order valence-electron chi connectivity index (χ0n) is 12.8. The number of carbonyl (C=O) groups is 1. The summed E-state index contributed by atoms with van der Waals surface area (Å²) in [6.07, 6.45) is 0. The maximum atomic E-state index is 12.0. The van der Waals surface area contributed by atoms with Gasteiger partial charge in [-0.15, -0.1) is 0 Å². The van der Waals surface area contributed by atoms with E-state index in [1.165, 1.54) is 0 Å². The van der Waals surface area contributed by atoms with Crippen LogP contribution in [0.3, 0.4) is 0 Å². The molecular formula is C16H17N5O. The molecule has 22 heavy (non-hydrogen) atoms. The number of nitrogens with zero attached hydrogens (tertiary/aromatic N) is 4. The molecule has 6 nitrogen and oxygen atoms in total. The van der Waals surface area contributed by atoms with Crippen LogP contribution in [0.1, 0.15) is 24.0 Å². The van der Waals surface area contributed by atoms with Gasteiger partial charge in [0.15, 0.2) is 0 Å². The van der Waals surface area contributed by atoms with E-state index in [4.69, 9.17) is 0 Å². The lowest BCUT2D eigenvalue weighted by atomic mass is 10.2. The van der Waals surface area contributed by atoms with Crippen LogP contribution in [0.5, 0.6) is 0 Å². The third-order valence-electron chi connectivity index (χ3n) is 3.66. The van der Waals surface area contributed by atoms with Gasteiger partial charge in [0, 0.05) is 23.7 Å². The number of amides is 1. The number of benzene rings is 1. The maximum Gasteiger partial charge on any atom is 0.224 e. The fourth-order valence-corrected chi connectivity index (χ4v) is 2.56. The number of fused-ring (bicyclic) bond motifs is 1. The van der Waals surface area contributed by atoms with Crippen LogP contribution in [-0.2, 0) is 11.3 Å². The van der Waals surface area contributed by atoms with Crippen LogP contribution in [0.25, 0.3) is 10.9 Å².